The number of hydrogen-bond acceptors (Lipinski definition) is 2. The third kappa shape index (κ3) is 4.77. The topological polar surface area (TPSA) is 12.0 Å². The fourth-order valence-electron chi connectivity index (χ4n) is 1.38. The average Bonchev–Trinajstić information content (AvgIpc) is 2.44. The molecule has 2 heteroatoms. The van der Waals surface area contributed by atoms with E-state index >= 15 is 0 Å². The van der Waals surface area contributed by atoms with Crippen LogP contribution in [0.2, 0.25) is 0 Å². The van der Waals surface area contributed by atoms with E-state index in [2.05, 4.69) is 44.5 Å². The van der Waals surface area contributed by atoms with Gasteiger partial charge in [-0.05, 0) is 64.1 Å². The first-order valence-corrected chi connectivity index (χ1v) is 6.14. The highest BCUT2D eigenvalue weighted by Crippen LogP contribution is 2.14. The molecule has 1 aromatic rings. The van der Waals surface area contributed by atoms with Crippen molar-refractivity contribution in [2.45, 2.75) is 46.1 Å². The Hall–Kier alpha value is -0.340. The number of thiophene rings is 1. The molecule has 1 aromatic heterocycles. The molecule has 80 valence electrons. The summed E-state index contributed by atoms with van der Waals surface area (Å²) in [4.78, 5) is 1.42. The Morgan fingerprint density at radius 3 is 2.57 bits per heavy atom. The summed E-state index contributed by atoms with van der Waals surface area (Å²) in [5.74, 6) is 0. The Kier molecular flexibility index (Phi) is 4.14. The van der Waals surface area contributed by atoms with Crippen molar-refractivity contribution in [2.75, 3.05) is 6.54 Å². The van der Waals surface area contributed by atoms with Gasteiger partial charge in [0.1, 0.15) is 0 Å². The van der Waals surface area contributed by atoms with Crippen LogP contribution < -0.4 is 5.32 Å². The van der Waals surface area contributed by atoms with Crippen molar-refractivity contribution < 1.29 is 0 Å². The summed E-state index contributed by atoms with van der Waals surface area (Å²) >= 11 is 1.85. The summed E-state index contributed by atoms with van der Waals surface area (Å²) in [5, 5.41) is 5.77. The predicted molar refractivity (Wildman–Crippen MR) is 65.1 cm³/mol. The Bertz CT molecular complexity index is 270. The maximum atomic E-state index is 3.50. The summed E-state index contributed by atoms with van der Waals surface area (Å²) in [6.07, 6.45) is 2.43. The number of rotatable bonds is 4. The molecule has 0 radical (unpaired) electrons. The zero-order chi connectivity index (χ0) is 10.6. The van der Waals surface area contributed by atoms with Gasteiger partial charge in [-0.1, -0.05) is 0 Å². The second-order valence-electron chi connectivity index (χ2n) is 4.85. The Labute approximate surface area is 91.5 Å². The lowest BCUT2D eigenvalue weighted by atomic mass is 10.1. The van der Waals surface area contributed by atoms with Crippen LogP contribution in [-0.4, -0.2) is 12.1 Å². The first kappa shape index (κ1) is 11.7. The number of nitrogens with one attached hydrogen (secondary N) is 1. The highest BCUT2D eigenvalue weighted by atomic mass is 32.1. The van der Waals surface area contributed by atoms with Crippen LogP contribution in [-0.2, 0) is 6.42 Å². The van der Waals surface area contributed by atoms with E-state index in [9.17, 15) is 0 Å². The largest absolute Gasteiger partial charge is 0.312 e. The molecule has 0 aliphatic carbocycles. The van der Waals surface area contributed by atoms with Crippen LogP contribution in [0.3, 0.4) is 0 Å². The Balaban J connectivity index is 2.16. The normalized spacial score (nSPS) is 12.0. The van der Waals surface area contributed by atoms with Crippen LogP contribution >= 0.6 is 11.3 Å². The molecular formula is C12H21NS. The molecule has 0 fully saturated rings. The minimum Gasteiger partial charge on any atom is -0.312 e. The molecule has 1 N–H and O–H groups in total. The molecule has 0 unspecified atom stereocenters. The first-order valence-electron chi connectivity index (χ1n) is 5.26. The highest BCUT2D eigenvalue weighted by molar-refractivity contribution is 7.10. The van der Waals surface area contributed by atoms with Gasteiger partial charge in [-0.3, -0.25) is 0 Å². The van der Waals surface area contributed by atoms with Crippen molar-refractivity contribution in [1.82, 2.24) is 5.32 Å². The molecule has 14 heavy (non-hydrogen) atoms. The summed E-state index contributed by atoms with van der Waals surface area (Å²) in [6.45, 7) is 9.91. The van der Waals surface area contributed by atoms with Crippen LogP contribution in [0.5, 0.6) is 0 Å². The van der Waals surface area contributed by atoms with E-state index in [-0.39, 0.29) is 5.54 Å². The van der Waals surface area contributed by atoms with Crippen LogP contribution in [0.1, 0.15) is 37.6 Å². The van der Waals surface area contributed by atoms with Crippen LogP contribution in [0.4, 0.5) is 0 Å². The molecule has 0 amide bonds. The zero-order valence-electron chi connectivity index (χ0n) is 9.68. The lowest BCUT2D eigenvalue weighted by Gasteiger charge is -2.20. The fraction of sp³-hybridized carbons (Fsp3) is 0.667. The van der Waals surface area contributed by atoms with Crippen molar-refractivity contribution >= 4 is 11.3 Å². The maximum Gasteiger partial charge on any atom is 0.00965 e. The average molecular weight is 211 g/mol. The summed E-state index contributed by atoms with van der Waals surface area (Å²) < 4.78 is 0. The monoisotopic (exact) mass is 211 g/mol. The van der Waals surface area contributed by atoms with Gasteiger partial charge in [-0.15, -0.1) is 11.3 Å². The van der Waals surface area contributed by atoms with Crippen LogP contribution in [0, 0.1) is 6.92 Å². The lowest BCUT2D eigenvalue weighted by molar-refractivity contribution is 0.422. The van der Waals surface area contributed by atoms with Gasteiger partial charge in [0.2, 0.25) is 0 Å². The van der Waals surface area contributed by atoms with E-state index in [1.54, 1.807) is 0 Å². The minimum absolute atomic E-state index is 0.255. The van der Waals surface area contributed by atoms with Gasteiger partial charge in [0.25, 0.3) is 0 Å². The molecule has 1 heterocycles. The van der Waals surface area contributed by atoms with Gasteiger partial charge < -0.3 is 5.32 Å². The zero-order valence-corrected chi connectivity index (χ0v) is 10.5. The molecule has 0 aromatic carbocycles. The van der Waals surface area contributed by atoms with E-state index in [1.807, 2.05) is 11.3 Å². The van der Waals surface area contributed by atoms with Crippen LogP contribution in [0.25, 0.3) is 0 Å². The minimum atomic E-state index is 0.255. The molecule has 0 atom stereocenters. The molecule has 0 bridgehead atoms. The third-order valence-corrected chi connectivity index (χ3v) is 2.99. The Morgan fingerprint density at radius 1 is 1.36 bits per heavy atom. The van der Waals surface area contributed by atoms with E-state index in [1.165, 1.54) is 23.3 Å². The molecule has 0 saturated carbocycles. The van der Waals surface area contributed by atoms with Crippen molar-refractivity contribution in [2.24, 2.45) is 0 Å². The second-order valence-corrected chi connectivity index (χ2v) is 5.96. The maximum absolute atomic E-state index is 3.50. The van der Waals surface area contributed by atoms with E-state index in [4.69, 9.17) is 0 Å². The molecule has 0 saturated heterocycles. The van der Waals surface area contributed by atoms with Crippen molar-refractivity contribution in [1.29, 1.82) is 0 Å². The summed E-state index contributed by atoms with van der Waals surface area (Å²) in [6, 6.07) is 2.29. The lowest BCUT2D eigenvalue weighted by Crippen LogP contribution is -2.36. The molecular weight excluding hydrogens is 190 g/mol. The van der Waals surface area contributed by atoms with E-state index < -0.39 is 0 Å². The predicted octanol–water partition coefficient (Wildman–Crippen LogP) is 3.38. The second kappa shape index (κ2) is 4.94. The summed E-state index contributed by atoms with van der Waals surface area (Å²) in [7, 11) is 0. The van der Waals surface area contributed by atoms with E-state index in [0.717, 1.165) is 6.54 Å². The molecule has 1 rings (SSSR count). The van der Waals surface area contributed by atoms with Crippen LogP contribution in [0.15, 0.2) is 11.4 Å². The van der Waals surface area contributed by atoms with Gasteiger partial charge in [0.15, 0.2) is 0 Å². The first-order chi connectivity index (χ1) is 6.47. The fourth-order valence-corrected chi connectivity index (χ4v) is 2.13. The van der Waals surface area contributed by atoms with Gasteiger partial charge >= 0.3 is 0 Å². The molecule has 0 aliphatic heterocycles. The SMILES string of the molecule is Cc1cc(CCCNC(C)(C)C)cs1. The van der Waals surface area contributed by atoms with Crippen molar-refractivity contribution in [3.8, 4) is 0 Å². The highest BCUT2D eigenvalue weighted by Gasteiger charge is 2.07. The standard InChI is InChI=1S/C12H21NS/c1-10-8-11(9-14-10)6-5-7-13-12(2,3)4/h8-9,13H,5-7H2,1-4H3. The van der Waals surface area contributed by atoms with Gasteiger partial charge in [0.05, 0.1) is 0 Å². The van der Waals surface area contributed by atoms with Crippen molar-refractivity contribution in [3.05, 3.63) is 21.9 Å². The number of hydrogen-bond donors (Lipinski definition) is 1. The molecule has 0 aliphatic rings. The number of aryl methyl sites for hydroxylation is 2. The Morgan fingerprint density at radius 2 is 2.07 bits per heavy atom. The smallest absolute Gasteiger partial charge is 0.00965 e. The van der Waals surface area contributed by atoms with Gasteiger partial charge in [0, 0.05) is 10.4 Å². The summed E-state index contributed by atoms with van der Waals surface area (Å²) in [5.41, 5.74) is 1.74. The quantitative estimate of drug-likeness (QED) is 0.753. The van der Waals surface area contributed by atoms with Gasteiger partial charge in [-0.2, -0.15) is 0 Å². The van der Waals surface area contributed by atoms with Crippen molar-refractivity contribution in [3.63, 3.8) is 0 Å². The van der Waals surface area contributed by atoms with Gasteiger partial charge in [-0.25, -0.2) is 0 Å². The van der Waals surface area contributed by atoms with E-state index in [0.29, 0.717) is 0 Å². The molecule has 1 nitrogen and oxygen atoms in total. The molecule has 0 spiro atoms. The third-order valence-electron chi connectivity index (χ3n) is 2.08.